The van der Waals surface area contributed by atoms with Gasteiger partial charge in [-0.3, -0.25) is 0 Å². The molecule has 1 amide bonds. The van der Waals surface area contributed by atoms with Gasteiger partial charge in [-0.05, 0) is 65.2 Å². The average molecular weight is 326 g/mol. The van der Waals surface area contributed by atoms with Gasteiger partial charge >= 0.3 is 6.09 Å². The molecule has 0 aromatic rings. The van der Waals surface area contributed by atoms with Crippen LogP contribution in [0.25, 0.3) is 0 Å². The fourth-order valence-electron chi connectivity index (χ4n) is 3.41. The predicted octanol–water partition coefficient (Wildman–Crippen LogP) is 2.92. The van der Waals surface area contributed by atoms with E-state index in [-0.39, 0.29) is 6.09 Å². The van der Waals surface area contributed by atoms with Gasteiger partial charge in [-0.2, -0.15) is 0 Å². The Morgan fingerprint density at radius 2 is 1.78 bits per heavy atom. The summed E-state index contributed by atoms with van der Waals surface area (Å²) in [5.74, 6) is 0.841. The van der Waals surface area contributed by atoms with Crippen molar-refractivity contribution in [2.45, 2.75) is 83.5 Å². The molecule has 0 atom stereocenters. The van der Waals surface area contributed by atoms with Gasteiger partial charge in [0.2, 0.25) is 0 Å². The van der Waals surface area contributed by atoms with Crippen LogP contribution in [-0.4, -0.2) is 53.0 Å². The van der Waals surface area contributed by atoms with E-state index in [0.29, 0.717) is 38.5 Å². The minimum absolute atomic E-state index is 0.270. The van der Waals surface area contributed by atoms with E-state index in [1.165, 1.54) is 25.7 Å². The quantitative estimate of drug-likeness (QED) is 0.837. The van der Waals surface area contributed by atoms with Gasteiger partial charge in [-0.15, -0.1) is 0 Å². The lowest BCUT2D eigenvalue weighted by Gasteiger charge is -2.40. The summed E-state index contributed by atoms with van der Waals surface area (Å²) in [5.41, 5.74) is -1.16. The summed E-state index contributed by atoms with van der Waals surface area (Å²) in [4.78, 5) is 13.8. The van der Waals surface area contributed by atoms with E-state index in [4.69, 9.17) is 4.74 Å². The molecule has 0 bridgehead atoms. The number of likely N-dealkylation sites (tertiary alicyclic amines) is 1. The molecule has 5 heteroatoms. The van der Waals surface area contributed by atoms with Gasteiger partial charge in [-0.1, -0.05) is 6.92 Å². The minimum atomic E-state index is -0.693. The van der Waals surface area contributed by atoms with E-state index in [2.05, 4.69) is 12.2 Å². The lowest BCUT2D eigenvalue weighted by Crippen LogP contribution is -2.53. The van der Waals surface area contributed by atoms with E-state index in [1.807, 2.05) is 20.8 Å². The first-order chi connectivity index (χ1) is 10.7. The Kier molecular flexibility index (Phi) is 5.95. The molecule has 2 N–H and O–H groups in total. The van der Waals surface area contributed by atoms with E-state index < -0.39 is 11.2 Å². The number of ether oxygens (including phenoxy) is 1. The van der Waals surface area contributed by atoms with Crippen LogP contribution in [0.1, 0.15) is 66.2 Å². The summed E-state index contributed by atoms with van der Waals surface area (Å²) in [6.45, 7) is 9.70. The molecular weight excluding hydrogens is 292 g/mol. The average Bonchev–Trinajstić information content (AvgIpc) is 2.46. The van der Waals surface area contributed by atoms with Crippen molar-refractivity contribution in [2.75, 3.05) is 19.6 Å². The first kappa shape index (κ1) is 18.5. The highest BCUT2D eigenvalue weighted by Crippen LogP contribution is 2.26. The smallest absolute Gasteiger partial charge is 0.410 e. The number of hydrogen-bond donors (Lipinski definition) is 2. The molecule has 134 valence electrons. The first-order valence-corrected chi connectivity index (χ1v) is 9.11. The van der Waals surface area contributed by atoms with Crippen molar-refractivity contribution in [2.24, 2.45) is 5.92 Å². The van der Waals surface area contributed by atoms with Gasteiger partial charge < -0.3 is 20.1 Å². The highest BCUT2D eigenvalue weighted by atomic mass is 16.6. The summed E-state index contributed by atoms with van der Waals surface area (Å²) in [6.07, 6.45) is 5.94. The largest absolute Gasteiger partial charge is 0.444 e. The maximum Gasteiger partial charge on any atom is 0.410 e. The zero-order chi connectivity index (χ0) is 17.1. The number of amides is 1. The summed E-state index contributed by atoms with van der Waals surface area (Å²) in [5, 5.41) is 14.3. The maximum absolute atomic E-state index is 12.1. The summed E-state index contributed by atoms with van der Waals surface area (Å²) >= 11 is 0. The number of nitrogens with one attached hydrogen (secondary N) is 1. The minimum Gasteiger partial charge on any atom is -0.444 e. The van der Waals surface area contributed by atoms with Crippen LogP contribution in [0, 0.1) is 5.92 Å². The molecule has 1 aliphatic heterocycles. The van der Waals surface area contributed by atoms with Crippen molar-refractivity contribution in [3.05, 3.63) is 0 Å². The van der Waals surface area contributed by atoms with Crippen LogP contribution in [0.2, 0.25) is 0 Å². The highest BCUT2D eigenvalue weighted by Gasteiger charge is 2.35. The second-order valence-corrected chi connectivity index (χ2v) is 8.53. The Balaban J connectivity index is 1.73. The normalized spacial score (nSPS) is 28.5. The standard InChI is InChI=1S/C18H34N2O3/c1-14-5-7-15(8-6-14)19-13-18(22)9-11-20(12-10-18)16(21)23-17(2,3)4/h14-15,19,22H,5-13H2,1-4H3. The Bertz CT molecular complexity index is 390. The number of rotatable bonds is 3. The zero-order valence-corrected chi connectivity index (χ0v) is 15.2. The molecule has 23 heavy (non-hydrogen) atoms. The number of carbonyl (C=O) groups is 1. The topological polar surface area (TPSA) is 61.8 Å². The van der Waals surface area contributed by atoms with Crippen molar-refractivity contribution < 1.29 is 14.6 Å². The van der Waals surface area contributed by atoms with Crippen LogP contribution in [-0.2, 0) is 4.74 Å². The molecule has 2 fully saturated rings. The first-order valence-electron chi connectivity index (χ1n) is 9.11. The molecular formula is C18H34N2O3. The molecule has 2 aliphatic rings. The van der Waals surface area contributed by atoms with E-state index in [9.17, 15) is 9.90 Å². The van der Waals surface area contributed by atoms with Crippen molar-refractivity contribution in [3.8, 4) is 0 Å². The van der Waals surface area contributed by atoms with Gasteiger partial charge in [-0.25, -0.2) is 4.79 Å². The summed E-state index contributed by atoms with van der Waals surface area (Å²) in [6, 6.07) is 0.541. The number of hydrogen-bond acceptors (Lipinski definition) is 4. The lowest BCUT2D eigenvalue weighted by molar-refractivity contribution is -0.0327. The number of nitrogens with zero attached hydrogens (tertiary/aromatic N) is 1. The molecule has 1 aliphatic carbocycles. The summed E-state index contributed by atoms with van der Waals surface area (Å²) < 4.78 is 5.40. The number of piperidine rings is 1. The van der Waals surface area contributed by atoms with Gasteiger partial charge in [0, 0.05) is 25.7 Å². The molecule has 1 saturated heterocycles. The molecule has 0 unspecified atom stereocenters. The third-order valence-corrected chi connectivity index (χ3v) is 5.08. The Hall–Kier alpha value is -0.810. The van der Waals surface area contributed by atoms with E-state index in [1.54, 1.807) is 4.90 Å². The van der Waals surface area contributed by atoms with Crippen molar-refractivity contribution in [1.82, 2.24) is 10.2 Å². The monoisotopic (exact) mass is 326 g/mol. The van der Waals surface area contributed by atoms with Crippen LogP contribution in [0.4, 0.5) is 4.79 Å². The Labute approximate surface area is 140 Å². The Morgan fingerprint density at radius 1 is 1.22 bits per heavy atom. The zero-order valence-electron chi connectivity index (χ0n) is 15.2. The maximum atomic E-state index is 12.1. The highest BCUT2D eigenvalue weighted by molar-refractivity contribution is 5.68. The van der Waals surface area contributed by atoms with Crippen LogP contribution in [0.5, 0.6) is 0 Å². The molecule has 2 rings (SSSR count). The van der Waals surface area contributed by atoms with Gasteiger partial charge in [0.25, 0.3) is 0 Å². The number of carbonyl (C=O) groups excluding carboxylic acids is 1. The predicted molar refractivity (Wildman–Crippen MR) is 91.4 cm³/mol. The fraction of sp³-hybridized carbons (Fsp3) is 0.944. The fourth-order valence-corrected chi connectivity index (χ4v) is 3.41. The number of aliphatic hydroxyl groups is 1. The second-order valence-electron chi connectivity index (χ2n) is 8.53. The van der Waals surface area contributed by atoms with Crippen LogP contribution >= 0.6 is 0 Å². The van der Waals surface area contributed by atoms with Gasteiger partial charge in [0.15, 0.2) is 0 Å². The molecule has 0 aromatic carbocycles. The third kappa shape index (κ3) is 5.96. The molecule has 1 saturated carbocycles. The van der Waals surface area contributed by atoms with Crippen molar-refractivity contribution in [3.63, 3.8) is 0 Å². The second kappa shape index (κ2) is 7.39. The third-order valence-electron chi connectivity index (χ3n) is 5.08. The SMILES string of the molecule is CC1CCC(NCC2(O)CCN(C(=O)OC(C)(C)C)CC2)CC1. The lowest BCUT2D eigenvalue weighted by atomic mass is 9.86. The van der Waals surface area contributed by atoms with E-state index in [0.717, 1.165) is 5.92 Å². The molecule has 0 radical (unpaired) electrons. The van der Waals surface area contributed by atoms with Crippen molar-refractivity contribution >= 4 is 6.09 Å². The van der Waals surface area contributed by atoms with Crippen molar-refractivity contribution in [1.29, 1.82) is 0 Å². The van der Waals surface area contributed by atoms with Gasteiger partial charge in [0.1, 0.15) is 5.60 Å². The Morgan fingerprint density at radius 3 is 2.30 bits per heavy atom. The van der Waals surface area contributed by atoms with Crippen LogP contribution in [0.15, 0.2) is 0 Å². The van der Waals surface area contributed by atoms with Gasteiger partial charge in [0.05, 0.1) is 5.60 Å². The molecule has 0 spiro atoms. The molecule has 5 nitrogen and oxygen atoms in total. The van der Waals surface area contributed by atoms with E-state index >= 15 is 0 Å². The van der Waals surface area contributed by atoms with Crippen LogP contribution < -0.4 is 5.32 Å². The summed E-state index contributed by atoms with van der Waals surface area (Å²) in [7, 11) is 0. The van der Waals surface area contributed by atoms with Crippen LogP contribution in [0.3, 0.4) is 0 Å². The molecule has 1 heterocycles. The molecule has 0 aromatic heterocycles.